The fourth-order valence-electron chi connectivity index (χ4n) is 5.49. The zero-order valence-corrected chi connectivity index (χ0v) is 20.5. The van der Waals surface area contributed by atoms with Crippen LogP contribution in [-0.4, -0.2) is 49.5 Å². The van der Waals surface area contributed by atoms with Gasteiger partial charge in [-0.1, -0.05) is 23.9 Å². The Hall–Kier alpha value is -2.99. The van der Waals surface area contributed by atoms with Gasteiger partial charge in [0, 0.05) is 24.8 Å². The molecule has 2 aromatic heterocycles. The molecule has 36 heavy (non-hydrogen) atoms. The van der Waals surface area contributed by atoms with Crippen LogP contribution in [0.15, 0.2) is 41.8 Å². The Morgan fingerprint density at radius 3 is 2.58 bits per heavy atom. The van der Waals surface area contributed by atoms with Gasteiger partial charge < -0.3 is 15.6 Å². The molecule has 3 aromatic rings. The number of hydrogen-bond donors (Lipinski definition) is 2. The maximum atomic E-state index is 13.1. The molecule has 0 unspecified atom stereocenters. The van der Waals surface area contributed by atoms with Crippen molar-refractivity contribution < 1.29 is 18.0 Å². The van der Waals surface area contributed by atoms with Crippen molar-refractivity contribution in [2.45, 2.75) is 42.4 Å². The third kappa shape index (κ3) is 4.36. The molecule has 5 rings (SSSR count). The highest BCUT2D eigenvalue weighted by Gasteiger charge is 2.67. The summed E-state index contributed by atoms with van der Waals surface area (Å²) < 4.78 is 41.1. The van der Waals surface area contributed by atoms with Crippen LogP contribution in [0.5, 0.6) is 0 Å². The minimum absolute atomic E-state index is 0.0767. The van der Waals surface area contributed by atoms with Crippen molar-refractivity contribution in [3.63, 3.8) is 0 Å². The fraction of sp³-hybridized carbons (Fsp3) is 0.458. The molecule has 1 amide bonds. The van der Waals surface area contributed by atoms with Crippen molar-refractivity contribution in [3.8, 4) is 11.5 Å². The zero-order chi connectivity index (χ0) is 25.6. The van der Waals surface area contributed by atoms with E-state index >= 15 is 0 Å². The van der Waals surface area contributed by atoms with Gasteiger partial charge in [0.15, 0.2) is 11.0 Å². The summed E-state index contributed by atoms with van der Waals surface area (Å²) in [6.07, 6.45) is 2.25. The molecule has 3 heterocycles. The Morgan fingerprint density at radius 2 is 1.97 bits per heavy atom. The first-order valence-corrected chi connectivity index (χ1v) is 12.7. The van der Waals surface area contributed by atoms with Gasteiger partial charge in [-0.05, 0) is 55.3 Å². The number of nitrogens with two attached hydrogens (primary N) is 1. The SMILES string of the molecule is Cn1c(SCCC[C@]2(c3ccc(C(F)(F)F)cc3)C[C@]23CCNC3)nnc1-c1cnc(C(N)=O)cn1. The molecule has 190 valence electrons. The number of nitrogens with zero attached hydrogens (tertiary/aromatic N) is 5. The Morgan fingerprint density at radius 1 is 1.19 bits per heavy atom. The van der Waals surface area contributed by atoms with Gasteiger partial charge in [0.1, 0.15) is 11.4 Å². The van der Waals surface area contributed by atoms with Gasteiger partial charge in [-0.2, -0.15) is 13.2 Å². The Labute approximate surface area is 210 Å². The summed E-state index contributed by atoms with van der Waals surface area (Å²) in [7, 11) is 1.84. The number of carbonyl (C=O) groups excluding carboxylic acids is 1. The average Bonchev–Trinajstić information content (AvgIpc) is 3.10. The van der Waals surface area contributed by atoms with E-state index in [1.807, 2.05) is 11.6 Å². The van der Waals surface area contributed by atoms with Gasteiger partial charge in [-0.3, -0.25) is 4.79 Å². The molecule has 1 aromatic carbocycles. The highest BCUT2D eigenvalue weighted by Crippen LogP contribution is 2.69. The highest BCUT2D eigenvalue weighted by atomic mass is 32.2. The minimum Gasteiger partial charge on any atom is -0.364 e. The third-order valence-corrected chi connectivity index (χ3v) is 8.59. The van der Waals surface area contributed by atoms with Crippen molar-refractivity contribution in [3.05, 3.63) is 53.5 Å². The van der Waals surface area contributed by atoms with Crippen LogP contribution in [-0.2, 0) is 18.6 Å². The number of nitrogens with one attached hydrogen (secondary N) is 1. The molecule has 1 saturated heterocycles. The van der Waals surface area contributed by atoms with Crippen LogP contribution in [0, 0.1) is 5.41 Å². The number of alkyl halides is 3. The number of carbonyl (C=O) groups is 1. The number of halogens is 3. The molecule has 1 spiro atoms. The van der Waals surface area contributed by atoms with E-state index < -0.39 is 17.6 Å². The van der Waals surface area contributed by atoms with Crippen molar-refractivity contribution >= 4 is 17.7 Å². The summed E-state index contributed by atoms with van der Waals surface area (Å²) in [6, 6.07) is 5.76. The molecule has 1 aliphatic carbocycles. The standard InChI is InChI=1S/C24H26F3N7OS/c1-34-20(18-12-30-17(11-31-18)19(28)35)32-33-21(34)36-10-2-7-23(13-22(23)8-9-29-14-22)15-3-5-16(6-4-15)24(25,26)27/h3-6,11-12,29H,2,7-10,13-14H2,1H3,(H2,28,35)/t22-,23+/m0/s1. The second-order valence-electron chi connectivity index (χ2n) is 9.51. The summed E-state index contributed by atoms with van der Waals surface area (Å²) in [4.78, 5) is 19.4. The molecule has 0 bridgehead atoms. The number of benzene rings is 1. The zero-order valence-electron chi connectivity index (χ0n) is 19.7. The predicted molar refractivity (Wildman–Crippen MR) is 128 cm³/mol. The van der Waals surface area contributed by atoms with E-state index in [-0.39, 0.29) is 16.5 Å². The second-order valence-corrected chi connectivity index (χ2v) is 10.6. The second kappa shape index (κ2) is 9.15. The van der Waals surface area contributed by atoms with E-state index in [9.17, 15) is 18.0 Å². The number of hydrogen-bond acceptors (Lipinski definition) is 7. The number of aromatic nitrogens is 5. The van der Waals surface area contributed by atoms with Crippen molar-refractivity contribution in [1.82, 2.24) is 30.0 Å². The summed E-state index contributed by atoms with van der Waals surface area (Å²) in [5.41, 5.74) is 6.20. The predicted octanol–water partition coefficient (Wildman–Crippen LogP) is 3.58. The number of primary amides is 1. The summed E-state index contributed by atoms with van der Waals surface area (Å²) in [5, 5.41) is 12.6. The van der Waals surface area contributed by atoms with Gasteiger partial charge in [0.25, 0.3) is 5.91 Å². The van der Waals surface area contributed by atoms with Crippen molar-refractivity contribution in [2.24, 2.45) is 18.2 Å². The van der Waals surface area contributed by atoms with Gasteiger partial charge in [-0.25, -0.2) is 9.97 Å². The normalized spacial score (nSPS) is 23.3. The van der Waals surface area contributed by atoms with Crippen molar-refractivity contribution in [1.29, 1.82) is 0 Å². The quantitative estimate of drug-likeness (QED) is 0.347. The van der Waals surface area contributed by atoms with E-state index in [4.69, 9.17) is 5.73 Å². The maximum absolute atomic E-state index is 13.1. The van der Waals surface area contributed by atoms with Gasteiger partial charge >= 0.3 is 6.18 Å². The molecule has 3 N–H and O–H groups in total. The summed E-state index contributed by atoms with van der Waals surface area (Å²) in [5.74, 6) is 0.674. The van der Waals surface area contributed by atoms with Gasteiger partial charge in [0.2, 0.25) is 0 Å². The molecule has 8 nitrogen and oxygen atoms in total. The Bertz CT molecular complexity index is 1250. The molecule has 2 fully saturated rings. The molecule has 1 saturated carbocycles. The minimum atomic E-state index is -4.33. The lowest BCUT2D eigenvalue weighted by atomic mass is 9.81. The fourth-order valence-corrected chi connectivity index (χ4v) is 6.34. The molecule has 2 aliphatic rings. The van der Waals surface area contributed by atoms with Crippen LogP contribution in [0.3, 0.4) is 0 Å². The first-order chi connectivity index (χ1) is 17.2. The van der Waals surface area contributed by atoms with E-state index in [0.717, 1.165) is 55.2 Å². The number of rotatable bonds is 8. The lowest BCUT2D eigenvalue weighted by molar-refractivity contribution is -0.137. The van der Waals surface area contributed by atoms with E-state index in [0.29, 0.717) is 11.5 Å². The van der Waals surface area contributed by atoms with E-state index in [1.54, 1.807) is 23.9 Å². The first kappa shape index (κ1) is 24.7. The molecule has 2 atom stereocenters. The molecular formula is C24H26F3N7OS. The van der Waals surface area contributed by atoms with Crippen LogP contribution in [0.4, 0.5) is 13.2 Å². The smallest absolute Gasteiger partial charge is 0.364 e. The van der Waals surface area contributed by atoms with Crippen LogP contribution in [0.25, 0.3) is 11.5 Å². The first-order valence-electron chi connectivity index (χ1n) is 11.7. The lowest BCUT2D eigenvalue weighted by Crippen LogP contribution is -2.22. The van der Waals surface area contributed by atoms with Crippen LogP contribution in [0.2, 0.25) is 0 Å². The van der Waals surface area contributed by atoms with E-state index in [2.05, 4.69) is 25.5 Å². The molecule has 12 heteroatoms. The van der Waals surface area contributed by atoms with Crippen molar-refractivity contribution in [2.75, 3.05) is 18.8 Å². The highest BCUT2D eigenvalue weighted by molar-refractivity contribution is 7.99. The largest absolute Gasteiger partial charge is 0.416 e. The summed E-state index contributed by atoms with van der Waals surface area (Å²) in [6.45, 7) is 1.85. The molecule has 0 radical (unpaired) electrons. The molecule has 1 aliphatic heterocycles. The Balaban J connectivity index is 1.25. The van der Waals surface area contributed by atoms with Gasteiger partial charge in [0.05, 0.1) is 18.0 Å². The topological polar surface area (TPSA) is 112 Å². The lowest BCUT2D eigenvalue weighted by Gasteiger charge is -2.23. The summed E-state index contributed by atoms with van der Waals surface area (Å²) >= 11 is 1.57. The van der Waals surface area contributed by atoms with Gasteiger partial charge in [-0.15, -0.1) is 10.2 Å². The number of amides is 1. The third-order valence-electron chi connectivity index (χ3n) is 7.49. The van der Waals surface area contributed by atoms with Crippen LogP contribution in [0.1, 0.15) is 47.3 Å². The Kier molecular flexibility index (Phi) is 6.27. The number of thioether (sulfide) groups is 1. The van der Waals surface area contributed by atoms with Crippen LogP contribution >= 0.6 is 11.8 Å². The van der Waals surface area contributed by atoms with Crippen LogP contribution < -0.4 is 11.1 Å². The average molecular weight is 518 g/mol. The molecular weight excluding hydrogens is 491 g/mol. The monoisotopic (exact) mass is 517 g/mol. The van der Waals surface area contributed by atoms with E-state index in [1.165, 1.54) is 24.5 Å². The maximum Gasteiger partial charge on any atom is 0.416 e.